The van der Waals surface area contributed by atoms with Crippen molar-refractivity contribution in [2.24, 2.45) is 0 Å². The maximum Gasteiger partial charge on any atom is 0.0482 e. The first-order chi connectivity index (χ1) is 6.42. The van der Waals surface area contributed by atoms with E-state index in [0.717, 1.165) is 19.4 Å². The van der Waals surface area contributed by atoms with Gasteiger partial charge in [-0.05, 0) is 31.5 Å². The molecule has 1 aromatic heterocycles. The second-order valence-electron chi connectivity index (χ2n) is 3.30. The molecule has 0 saturated carbocycles. The summed E-state index contributed by atoms with van der Waals surface area (Å²) in [6, 6.07) is 2.09. The first-order valence-corrected chi connectivity index (χ1v) is 4.69. The summed E-state index contributed by atoms with van der Waals surface area (Å²) < 4.78 is 0. The topological polar surface area (TPSA) is 24.9 Å². The van der Waals surface area contributed by atoms with E-state index in [9.17, 15) is 0 Å². The molecular formula is C11H14N2. The van der Waals surface area contributed by atoms with E-state index in [1.807, 2.05) is 13.2 Å². The third-order valence-corrected chi connectivity index (χ3v) is 2.36. The fraction of sp³-hybridized carbons (Fsp3) is 0.364. The molecule has 0 bridgehead atoms. The predicted molar refractivity (Wildman–Crippen MR) is 54.4 cm³/mol. The summed E-state index contributed by atoms with van der Waals surface area (Å²) >= 11 is 0. The van der Waals surface area contributed by atoms with Gasteiger partial charge in [0.05, 0.1) is 0 Å². The SMILES string of the molecule is CNCc1ccnc2c1C=CCC2. The van der Waals surface area contributed by atoms with Crippen molar-refractivity contribution in [2.75, 3.05) is 7.05 Å². The van der Waals surface area contributed by atoms with Gasteiger partial charge in [0.25, 0.3) is 0 Å². The van der Waals surface area contributed by atoms with Crippen LogP contribution in [0.1, 0.15) is 23.2 Å². The lowest BCUT2D eigenvalue weighted by Gasteiger charge is -2.13. The maximum absolute atomic E-state index is 4.38. The molecule has 1 heterocycles. The number of pyridine rings is 1. The molecule has 1 aromatic rings. The third kappa shape index (κ3) is 1.63. The van der Waals surface area contributed by atoms with Gasteiger partial charge in [-0.1, -0.05) is 12.2 Å². The highest BCUT2D eigenvalue weighted by atomic mass is 14.8. The summed E-state index contributed by atoms with van der Waals surface area (Å²) in [6.45, 7) is 0.926. The van der Waals surface area contributed by atoms with Crippen LogP contribution < -0.4 is 5.32 Å². The Morgan fingerprint density at radius 3 is 3.31 bits per heavy atom. The molecule has 0 spiro atoms. The molecule has 0 unspecified atom stereocenters. The molecule has 2 rings (SSSR count). The van der Waals surface area contributed by atoms with Gasteiger partial charge >= 0.3 is 0 Å². The molecule has 1 N–H and O–H groups in total. The summed E-state index contributed by atoms with van der Waals surface area (Å²) in [5.41, 5.74) is 3.92. The van der Waals surface area contributed by atoms with E-state index >= 15 is 0 Å². The summed E-state index contributed by atoms with van der Waals surface area (Å²) in [7, 11) is 1.97. The van der Waals surface area contributed by atoms with Crippen molar-refractivity contribution in [1.82, 2.24) is 10.3 Å². The number of hydrogen-bond acceptors (Lipinski definition) is 2. The minimum atomic E-state index is 0.926. The van der Waals surface area contributed by atoms with E-state index in [1.54, 1.807) is 0 Å². The minimum Gasteiger partial charge on any atom is -0.316 e. The van der Waals surface area contributed by atoms with Crippen LogP contribution in [0.15, 0.2) is 18.3 Å². The fourth-order valence-corrected chi connectivity index (χ4v) is 1.73. The normalized spacial score (nSPS) is 14.2. The molecule has 0 radical (unpaired) electrons. The van der Waals surface area contributed by atoms with Crippen molar-refractivity contribution >= 4 is 6.08 Å². The highest BCUT2D eigenvalue weighted by Gasteiger charge is 2.08. The molecule has 1 aliphatic carbocycles. The first-order valence-electron chi connectivity index (χ1n) is 4.69. The van der Waals surface area contributed by atoms with Crippen molar-refractivity contribution in [2.45, 2.75) is 19.4 Å². The van der Waals surface area contributed by atoms with Crippen LogP contribution in [0.25, 0.3) is 6.08 Å². The minimum absolute atomic E-state index is 0.926. The van der Waals surface area contributed by atoms with E-state index in [2.05, 4.69) is 28.5 Å². The molecule has 0 amide bonds. The molecule has 0 atom stereocenters. The van der Waals surface area contributed by atoms with Crippen LogP contribution >= 0.6 is 0 Å². The monoisotopic (exact) mass is 174 g/mol. The van der Waals surface area contributed by atoms with E-state index < -0.39 is 0 Å². The number of hydrogen-bond donors (Lipinski definition) is 1. The second-order valence-corrected chi connectivity index (χ2v) is 3.30. The molecule has 2 heteroatoms. The number of aryl methyl sites for hydroxylation is 1. The van der Waals surface area contributed by atoms with E-state index in [1.165, 1.54) is 16.8 Å². The van der Waals surface area contributed by atoms with Gasteiger partial charge < -0.3 is 5.32 Å². The largest absolute Gasteiger partial charge is 0.316 e. The van der Waals surface area contributed by atoms with Crippen LogP contribution in [0, 0.1) is 0 Å². The Balaban J connectivity index is 2.42. The Labute approximate surface area is 78.7 Å². The Kier molecular flexibility index (Phi) is 2.41. The van der Waals surface area contributed by atoms with Crippen molar-refractivity contribution in [1.29, 1.82) is 0 Å². The fourth-order valence-electron chi connectivity index (χ4n) is 1.73. The van der Waals surface area contributed by atoms with E-state index in [4.69, 9.17) is 0 Å². The Morgan fingerprint density at radius 1 is 1.54 bits per heavy atom. The zero-order valence-electron chi connectivity index (χ0n) is 7.88. The molecule has 68 valence electrons. The summed E-state index contributed by atoms with van der Waals surface area (Å²) in [5.74, 6) is 0. The smallest absolute Gasteiger partial charge is 0.0482 e. The molecule has 0 saturated heterocycles. The summed E-state index contributed by atoms with van der Waals surface area (Å²) in [5, 5.41) is 3.17. The summed E-state index contributed by atoms with van der Waals surface area (Å²) in [6.07, 6.45) is 8.54. The van der Waals surface area contributed by atoms with Crippen LogP contribution in [-0.4, -0.2) is 12.0 Å². The molecule has 0 aromatic carbocycles. The predicted octanol–water partition coefficient (Wildman–Crippen LogP) is 1.76. The van der Waals surface area contributed by atoms with Crippen molar-refractivity contribution in [3.63, 3.8) is 0 Å². The van der Waals surface area contributed by atoms with Gasteiger partial charge in [0.2, 0.25) is 0 Å². The van der Waals surface area contributed by atoms with Crippen LogP contribution in [0.3, 0.4) is 0 Å². The number of aromatic nitrogens is 1. The average Bonchev–Trinajstić information content (AvgIpc) is 2.19. The summed E-state index contributed by atoms with van der Waals surface area (Å²) in [4.78, 5) is 4.38. The number of nitrogens with zero attached hydrogens (tertiary/aromatic N) is 1. The second kappa shape index (κ2) is 3.71. The quantitative estimate of drug-likeness (QED) is 0.739. The molecule has 13 heavy (non-hydrogen) atoms. The van der Waals surface area contributed by atoms with Gasteiger partial charge in [-0.3, -0.25) is 4.98 Å². The highest BCUT2D eigenvalue weighted by molar-refractivity contribution is 5.58. The number of nitrogens with one attached hydrogen (secondary N) is 1. The molecule has 1 aliphatic rings. The standard InChI is InChI=1S/C11H14N2/c1-12-8-9-6-7-13-11-5-3-2-4-10(9)11/h2,4,6-7,12H,3,5,8H2,1H3. The molecule has 0 fully saturated rings. The lowest BCUT2D eigenvalue weighted by molar-refractivity contribution is 0.804. The van der Waals surface area contributed by atoms with E-state index in [0.29, 0.717) is 0 Å². The van der Waals surface area contributed by atoms with Crippen LogP contribution in [0.2, 0.25) is 0 Å². The number of allylic oxidation sites excluding steroid dienone is 1. The lowest BCUT2D eigenvalue weighted by atomic mass is 9.98. The third-order valence-electron chi connectivity index (χ3n) is 2.36. The first kappa shape index (κ1) is 8.45. The Morgan fingerprint density at radius 2 is 2.46 bits per heavy atom. The van der Waals surface area contributed by atoms with Gasteiger partial charge in [-0.15, -0.1) is 0 Å². The van der Waals surface area contributed by atoms with Gasteiger partial charge in [0.1, 0.15) is 0 Å². The lowest BCUT2D eigenvalue weighted by Crippen LogP contribution is -2.09. The zero-order valence-corrected chi connectivity index (χ0v) is 7.88. The van der Waals surface area contributed by atoms with Crippen LogP contribution in [0.4, 0.5) is 0 Å². The van der Waals surface area contributed by atoms with Gasteiger partial charge in [-0.2, -0.15) is 0 Å². The number of fused-ring (bicyclic) bond motifs is 1. The average molecular weight is 174 g/mol. The maximum atomic E-state index is 4.38. The van der Waals surface area contributed by atoms with Crippen LogP contribution in [0.5, 0.6) is 0 Å². The van der Waals surface area contributed by atoms with Crippen LogP contribution in [-0.2, 0) is 13.0 Å². The zero-order chi connectivity index (χ0) is 9.10. The van der Waals surface area contributed by atoms with Gasteiger partial charge in [0.15, 0.2) is 0 Å². The van der Waals surface area contributed by atoms with Crippen molar-refractivity contribution < 1.29 is 0 Å². The number of rotatable bonds is 2. The molecule has 0 aliphatic heterocycles. The Hall–Kier alpha value is -1.15. The molecule has 2 nitrogen and oxygen atoms in total. The van der Waals surface area contributed by atoms with Gasteiger partial charge in [-0.25, -0.2) is 0 Å². The van der Waals surface area contributed by atoms with E-state index in [-0.39, 0.29) is 0 Å². The highest BCUT2D eigenvalue weighted by Crippen LogP contribution is 2.20. The van der Waals surface area contributed by atoms with Crippen molar-refractivity contribution in [3.05, 3.63) is 35.2 Å². The molecular weight excluding hydrogens is 160 g/mol. The Bertz CT molecular complexity index is 329. The van der Waals surface area contributed by atoms with Gasteiger partial charge in [0, 0.05) is 24.0 Å². The van der Waals surface area contributed by atoms with Crippen molar-refractivity contribution in [3.8, 4) is 0 Å².